The van der Waals surface area contributed by atoms with Crippen LogP contribution in [0, 0.1) is 0 Å². The molecule has 0 unspecified atom stereocenters. The van der Waals surface area contributed by atoms with Crippen molar-refractivity contribution in [2.24, 2.45) is 0 Å². The van der Waals surface area contributed by atoms with Crippen molar-refractivity contribution in [2.75, 3.05) is 25.3 Å². The summed E-state index contributed by atoms with van der Waals surface area (Å²) in [5, 5.41) is 5.50. The summed E-state index contributed by atoms with van der Waals surface area (Å²) >= 11 is 1.43. The number of fused-ring (bicyclic) bond motifs is 1. The molecule has 0 spiro atoms. The minimum Gasteiger partial charge on any atom is -0.493 e. The normalized spacial score (nSPS) is 17.8. The zero-order chi connectivity index (χ0) is 18.8. The van der Waals surface area contributed by atoms with Crippen LogP contribution in [0.2, 0.25) is 0 Å². The first-order valence-corrected chi connectivity index (χ1v) is 9.52. The molecule has 0 saturated heterocycles. The molecule has 0 saturated carbocycles. The van der Waals surface area contributed by atoms with E-state index in [4.69, 9.17) is 9.47 Å². The van der Waals surface area contributed by atoms with E-state index < -0.39 is 0 Å². The lowest BCUT2D eigenvalue weighted by Gasteiger charge is -2.17. The maximum absolute atomic E-state index is 12.7. The molecule has 2 heterocycles. The lowest BCUT2D eigenvalue weighted by Crippen LogP contribution is -2.18. The average Bonchev–Trinajstić information content (AvgIpc) is 2.86. The second kappa shape index (κ2) is 7.49. The Morgan fingerprint density at radius 3 is 2.65 bits per heavy atom. The summed E-state index contributed by atoms with van der Waals surface area (Å²) in [6.07, 6.45) is 0.834. The van der Waals surface area contributed by atoms with Crippen molar-refractivity contribution in [3.8, 4) is 11.5 Å². The van der Waals surface area contributed by atoms with Crippen LogP contribution in [0.5, 0.6) is 11.5 Å². The Kier molecular flexibility index (Phi) is 5.31. The Morgan fingerprint density at radius 2 is 2.00 bits per heavy atom. The van der Waals surface area contributed by atoms with Gasteiger partial charge in [0.1, 0.15) is 5.82 Å². The fraction of sp³-hybridized carbons (Fsp3) is 0.444. The Hall–Kier alpha value is -2.35. The van der Waals surface area contributed by atoms with Crippen molar-refractivity contribution in [1.82, 2.24) is 9.78 Å². The number of ether oxygens (including phenoxy) is 2. The highest BCUT2D eigenvalue weighted by atomic mass is 32.2. The Labute approximate surface area is 156 Å². The van der Waals surface area contributed by atoms with E-state index in [2.05, 4.69) is 10.4 Å². The Balaban J connectivity index is 2.15. The number of nitrogens with zero attached hydrogens (tertiary/aromatic N) is 1. The van der Waals surface area contributed by atoms with Gasteiger partial charge in [-0.25, -0.2) is 0 Å². The first-order chi connectivity index (χ1) is 12.5. The smallest absolute Gasteiger partial charge is 0.270 e. The van der Waals surface area contributed by atoms with Crippen LogP contribution in [0.1, 0.15) is 42.7 Å². The predicted molar refractivity (Wildman–Crippen MR) is 103 cm³/mol. The maximum atomic E-state index is 12.7. The molecule has 7 nitrogen and oxygen atoms in total. The summed E-state index contributed by atoms with van der Waals surface area (Å²) in [7, 11) is 3.15. The third-order valence-corrected chi connectivity index (χ3v) is 5.88. The van der Waals surface area contributed by atoms with Crippen molar-refractivity contribution >= 4 is 23.5 Å². The van der Waals surface area contributed by atoms with Gasteiger partial charge in [-0.15, -0.1) is 11.8 Å². The number of hydrogen-bond donors (Lipinski definition) is 2. The van der Waals surface area contributed by atoms with Gasteiger partial charge in [-0.3, -0.25) is 19.4 Å². The number of nitrogens with one attached hydrogen (secondary N) is 2. The predicted octanol–water partition coefficient (Wildman–Crippen LogP) is 2.94. The SMILES string of the molecule is CC[C@H](C)n1[nH]c(=O)c2c1NC(=O)CS[C@H]2c1ccc(OC)c(OC)c1. The molecule has 1 aromatic carbocycles. The number of methoxy groups -OCH3 is 2. The van der Waals surface area contributed by atoms with Gasteiger partial charge in [0.2, 0.25) is 5.91 Å². The molecule has 26 heavy (non-hydrogen) atoms. The number of hydrogen-bond acceptors (Lipinski definition) is 5. The Bertz CT molecular complexity index is 874. The molecular weight excluding hydrogens is 354 g/mol. The van der Waals surface area contributed by atoms with Gasteiger partial charge in [0.15, 0.2) is 11.5 Å². The minimum atomic E-state index is -0.280. The summed E-state index contributed by atoms with van der Waals surface area (Å²) in [6, 6.07) is 5.64. The molecule has 2 aromatic rings. The van der Waals surface area contributed by atoms with E-state index in [0.29, 0.717) is 22.9 Å². The molecule has 8 heteroatoms. The van der Waals surface area contributed by atoms with Crippen molar-refractivity contribution in [2.45, 2.75) is 31.6 Å². The maximum Gasteiger partial charge on any atom is 0.270 e. The number of carbonyl (C=O) groups is 1. The molecule has 0 fully saturated rings. The number of thioether (sulfide) groups is 1. The van der Waals surface area contributed by atoms with E-state index in [-0.39, 0.29) is 28.5 Å². The summed E-state index contributed by atoms with van der Waals surface area (Å²) in [6.45, 7) is 4.04. The van der Waals surface area contributed by atoms with Crippen molar-refractivity contribution in [3.05, 3.63) is 39.7 Å². The van der Waals surface area contributed by atoms with Crippen LogP contribution in [0.4, 0.5) is 5.82 Å². The topological polar surface area (TPSA) is 85.4 Å². The Morgan fingerprint density at radius 1 is 1.27 bits per heavy atom. The molecule has 2 N–H and O–H groups in total. The first kappa shape index (κ1) is 18.4. The van der Waals surface area contributed by atoms with Crippen LogP contribution in [-0.2, 0) is 4.79 Å². The summed E-state index contributed by atoms with van der Waals surface area (Å²) in [5.41, 5.74) is 1.26. The van der Waals surface area contributed by atoms with E-state index in [9.17, 15) is 9.59 Å². The molecule has 1 aliphatic rings. The van der Waals surface area contributed by atoms with Gasteiger partial charge >= 0.3 is 0 Å². The number of aromatic nitrogens is 2. The molecule has 3 rings (SSSR count). The van der Waals surface area contributed by atoms with Gasteiger partial charge in [-0.2, -0.15) is 0 Å². The average molecular weight is 377 g/mol. The zero-order valence-corrected chi connectivity index (χ0v) is 16.1. The standard InChI is InChI=1S/C18H23N3O4S/c1-5-10(2)21-17-15(18(23)20-21)16(26-9-14(22)19-17)11-6-7-12(24-3)13(8-11)25-4/h6-8,10,16H,5,9H2,1-4H3,(H,19,22)(H,20,23)/t10-,16-/m0/s1. The molecule has 1 aromatic heterocycles. The van der Waals surface area contributed by atoms with Gasteiger partial charge in [0, 0.05) is 6.04 Å². The van der Waals surface area contributed by atoms with E-state index in [1.165, 1.54) is 11.8 Å². The van der Waals surface area contributed by atoms with Gasteiger partial charge in [-0.1, -0.05) is 13.0 Å². The highest BCUT2D eigenvalue weighted by molar-refractivity contribution is 8.00. The van der Waals surface area contributed by atoms with Gasteiger partial charge < -0.3 is 14.8 Å². The third kappa shape index (κ3) is 3.21. The van der Waals surface area contributed by atoms with Crippen molar-refractivity contribution < 1.29 is 14.3 Å². The van der Waals surface area contributed by atoms with Crippen LogP contribution >= 0.6 is 11.8 Å². The van der Waals surface area contributed by atoms with E-state index in [1.807, 2.05) is 32.0 Å². The first-order valence-electron chi connectivity index (χ1n) is 8.47. The minimum absolute atomic E-state index is 0.0703. The van der Waals surface area contributed by atoms with E-state index in [1.54, 1.807) is 18.9 Å². The summed E-state index contributed by atoms with van der Waals surface area (Å²) < 4.78 is 12.4. The molecule has 1 amide bonds. The van der Waals surface area contributed by atoms with Crippen molar-refractivity contribution in [3.63, 3.8) is 0 Å². The second-order valence-electron chi connectivity index (χ2n) is 6.18. The summed E-state index contributed by atoms with van der Waals surface area (Å²) in [4.78, 5) is 24.9. The van der Waals surface area contributed by atoms with Crippen molar-refractivity contribution in [1.29, 1.82) is 0 Å². The van der Waals surface area contributed by atoms with E-state index >= 15 is 0 Å². The number of carbonyl (C=O) groups excluding carboxylic acids is 1. The molecule has 0 bridgehead atoms. The molecule has 0 aliphatic carbocycles. The van der Waals surface area contributed by atoms with Crippen LogP contribution in [0.25, 0.3) is 0 Å². The zero-order valence-electron chi connectivity index (χ0n) is 15.3. The quantitative estimate of drug-likeness (QED) is 0.837. The van der Waals surface area contributed by atoms with Crippen LogP contribution in [0.3, 0.4) is 0 Å². The molecule has 2 atom stereocenters. The second-order valence-corrected chi connectivity index (χ2v) is 7.28. The van der Waals surface area contributed by atoms with Crippen LogP contribution in [0.15, 0.2) is 23.0 Å². The highest BCUT2D eigenvalue weighted by Gasteiger charge is 2.31. The van der Waals surface area contributed by atoms with Crippen LogP contribution < -0.4 is 20.3 Å². The molecule has 1 aliphatic heterocycles. The number of anilines is 1. The highest BCUT2D eigenvalue weighted by Crippen LogP contribution is 2.42. The van der Waals surface area contributed by atoms with E-state index in [0.717, 1.165) is 12.0 Å². The number of benzene rings is 1. The van der Waals surface area contributed by atoms with Gasteiger partial charge in [0.25, 0.3) is 5.56 Å². The molecule has 0 radical (unpaired) electrons. The van der Waals surface area contributed by atoms with Gasteiger partial charge in [-0.05, 0) is 31.0 Å². The number of H-pyrrole nitrogens is 1. The summed E-state index contributed by atoms with van der Waals surface area (Å²) in [5.74, 6) is 1.92. The largest absolute Gasteiger partial charge is 0.493 e. The van der Waals surface area contributed by atoms with Crippen LogP contribution in [-0.4, -0.2) is 35.7 Å². The fourth-order valence-corrected chi connectivity index (χ4v) is 4.15. The molecule has 140 valence electrons. The molecular formula is C18H23N3O4S. The fourth-order valence-electron chi connectivity index (χ4n) is 3.04. The van der Waals surface area contributed by atoms with Gasteiger partial charge in [0.05, 0.1) is 30.8 Å². The monoisotopic (exact) mass is 377 g/mol. The number of aromatic amines is 1. The third-order valence-electron chi connectivity index (χ3n) is 4.61. The lowest BCUT2D eigenvalue weighted by atomic mass is 10.1. The number of rotatable bonds is 5. The number of amides is 1. The lowest BCUT2D eigenvalue weighted by molar-refractivity contribution is -0.113.